The molecule has 1 N–H and O–H groups in total. The Hall–Kier alpha value is -1.44. The van der Waals surface area contributed by atoms with E-state index in [1.54, 1.807) is 12.1 Å². The summed E-state index contributed by atoms with van der Waals surface area (Å²) in [6, 6.07) is 4.59. The van der Waals surface area contributed by atoms with Gasteiger partial charge in [-0.05, 0) is 63.4 Å². The van der Waals surface area contributed by atoms with Gasteiger partial charge in [-0.1, -0.05) is 13.0 Å². The van der Waals surface area contributed by atoms with Gasteiger partial charge in [0.1, 0.15) is 0 Å². The second-order valence-electron chi connectivity index (χ2n) is 7.15. The van der Waals surface area contributed by atoms with Crippen LogP contribution in [0.5, 0.6) is 0 Å². The number of benzene rings is 1. The van der Waals surface area contributed by atoms with E-state index in [-0.39, 0.29) is 16.8 Å². The van der Waals surface area contributed by atoms with E-state index >= 15 is 0 Å². The lowest BCUT2D eigenvalue weighted by atomic mass is 9.98. The highest BCUT2D eigenvalue weighted by atomic mass is 32.2. The van der Waals surface area contributed by atoms with Gasteiger partial charge < -0.3 is 5.32 Å². The molecule has 1 aliphatic heterocycles. The fourth-order valence-corrected chi connectivity index (χ4v) is 3.85. The molecule has 140 valence electrons. The van der Waals surface area contributed by atoms with E-state index in [0.717, 1.165) is 31.5 Å². The van der Waals surface area contributed by atoms with Crippen LogP contribution in [-0.4, -0.2) is 56.8 Å². The summed E-state index contributed by atoms with van der Waals surface area (Å²) in [4.78, 5) is 15.0. The first kappa shape index (κ1) is 19.9. The lowest BCUT2D eigenvalue weighted by Crippen LogP contribution is -2.45. The number of rotatable bonds is 5. The van der Waals surface area contributed by atoms with Gasteiger partial charge in [-0.25, -0.2) is 12.7 Å². The highest BCUT2D eigenvalue weighted by Crippen LogP contribution is 2.23. The van der Waals surface area contributed by atoms with Crippen LogP contribution in [0, 0.1) is 12.8 Å². The fraction of sp³-hybridized carbons (Fsp3) is 0.611. The van der Waals surface area contributed by atoms with E-state index in [2.05, 4.69) is 17.1 Å². The number of nitrogens with zero attached hydrogens (tertiary/aromatic N) is 2. The topological polar surface area (TPSA) is 69.7 Å². The standard InChI is InChI=1S/C18H29N3O3S/c1-13-8-10-21(11-9-13)15(3)18(22)19-17-12-16(7-6-14(17)2)25(23,24)20(4)5/h6-7,12-13,15H,8-11H2,1-5H3,(H,19,22). The number of sulfonamides is 1. The molecule has 1 atom stereocenters. The molecule has 1 saturated heterocycles. The van der Waals surface area contributed by atoms with Crippen LogP contribution in [0.25, 0.3) is 0 Å². The third-order valence-electron chi connectivity index (χ3n) is 4.99. The van der Waals surface area contributed by atoms with Crippen LogP contribution < -0.4 is 5.32 Å². The summed E-state index contributed by atoms with van der Waals surface area (Å²) in [5, 5.41) is 2.91. The summed E-state index contributed by atoms with van der Waals surface area (Å²) >= 11 is 0. The van der Waals surface area contributed by atoms with Gasteiger partial charge in [0.25, 0.3) is 0 Å². The summed E-state index contributed by atoms with van der Waals surface area (Å²) in [5.41, 5.74) is 1.38. The molecule has 1 amide bonds. The molecule has 1 heterocycles. The maximum absolute atomic E-state index is 12.6. The van der Waals surface area contributed by atoms with Gasteiger partial charge in [0.15, 0.2) is 0 Å². The van der Waals surface area contributed by atoms with Crippen molar-refractivity contribution in [1.82, 2.24) is 9.21 Å². The smallest absolute Gasteiger partial charge is 0.242 e. The van der Waals surface area contributed by atoms with Gasteiger partial charge in [0.05, 0.1) is 10.9 Å². The minimum Gasteiger partial charge on any atom is -0.324 e. The molecule has 1 fully saturated rings. The van der Waals surface area contributed by atoms with Crippen molar-refractivity contribution in [3.63, 3.8) is 0 Å². The molecule has 0 spiro atoms. The normalized spacial score (nSPS) is 18.3. The second kappa shape index (κ2) is 7.85. The minimum atomic E-state index is -3.53. The molecule has 25 heavy (non-hydrogen) atoms. The Morgan fingerprint density at radius 3 is 2.44 bits per heavy atom. The number of nitrogens with one attached hydrogen (secondary N) is 1. The number of hydrogen-bond acceptors (Lipinski definition) is 4. The van der Waals surface area contributed by atoms with Gasteiger partial charge >= 0.3 is 0 Å². The highest BCUT2D eigenvalue weighted by Gasteiger charge is 2.26. The third kappa shape index (κ3) is 4.59. The highest BCUT2D eigenvalue weighted by molar-refractivity contribution is 7.89. The lowest BCUT2D eigenvalue weighted by Gasteiger charge is -2.34. The number of amides is 1. The maximum atomic E-state index is 12.6. The molecule has 2 rings (SSSR count). The number of aryl methyl sites for hydroxylation is 1. The second-order valence-corrected chi connectivity index (χ2v) is 9.30. The maximum Gasteiger partial charge on any atom is 0.242 e. The molecule has 6 nitrogen and oxygen atoms in total. The minimum absolute atomic E-state index is 0.0999. The molecule has 1 aliphatic rings. The Balaban J connectivity index is 2.15. The van der Waals surface area contributed by atoms with Crippen LogP contribution in [-0.2, 0) is 14.8 Å². The zero-order valence-corrected chi connectivity index (χ0v) is 16.6. The van der Waals surface area contributed by atoms with E-state index in [1.165, 1.54) is 24.5 Å². The van der Waals surface area contributed by atoms with Crippen LogP contribution in [0.1, 0.15) is 32.3 Å². The molecular formula is C18H29N3O3S. The number of likely N-dealkylation sites (tertiary alicyclic amines) is 1. The number of anilines is 1. The first-order valence-electron chi connectivity index (χ1n) is 8.71. The molecule has 1 aromatic rings. The Labute approximate surface area is 151 Å². The first-order valence-corrected chi connectivity index (χ1v) is 10.1. The van der Waals surface area contributed by atoms with E-state index in [1.807, 2.05) is 13.8 Å². The summed E-state index contributed by atoms with van der Waals surface area (Å²) in [7, 11) is -0.541. The quantitative estimate of drug-likeness (QED) is 0.867. The van der Waals surface area contributed by atoms with Crippen molar-refractivity contribution in [3.05, 3.63) is 23.8 Å². The van der Waals surface area contributed by atoms with Gasteiger partial charge in [0.2, 0.25) is 15.9 Å². The predicted octanol–water partition coefficient (Wildman–Crippen LogP) is 2.30. The lowest BCUT2D eigenvalue weighted by molar-refractivity contribution is -0.121. The van der Waals surface area contributed by atoms with Gasteiger partial charge in [0, 0.05) is 19.8 Å². The zero-order valence-electron chi connectivity index (χ0n) is 15.7. The van der Waals surface area contributed by atoms with Gasteiger partial charge in [-0.3, -0.25) is 9.69 Å². The van der Waals surface area contributed by atoms with E-state index < -0.39 is 10.0 Å². The van der Waals surface area contributed by atoms with Crippen LogP contribution >= 0.6 is 0 Å². The fourth-order valence-electron chi connectivity index (χ4n) is 2.93. The molecule has 1 aromatic carbocycles. The summed E-state index contributed by atoms with van der Waals surface area (Å²) < 4.78 is 25.8. The zero-order chi connectivity index (χ0) is 18.8. The first-order chi connectivity index (χ1) is 11.6. The van der Waals surface area contributed by atoms with Crippen molar-refractivity contribution in [2.24, 2.45) is 5.92 Å². The number of carbonyl (C=O) groups excluding carboxylic acids is 1. The molecule has 0 radical (unpaired) electrons. The van der Waals surface area contributed by atoms with Crippen molar-refractivity contribution < 1.29 is 13.2 Å². The molecular weight excluding hydrogens is 338 g/mol. The predicted molar refractivity (Wildman–Crippen MR) is 100 cm³/mol. The van der Waals surface area contributed by atoms with Gasteiger partial charge in [-0.15, -0.1) is 0 Å². The molecule has 7 heteroatoms. The number of piperidine rings is 1. The van der Waals surface area contributed by atoms with Crippen molar-refractivity contribution in [2.75, 3.05) is 32.5 Å². The third-order valence-corrected chi connectivity index (χ3v) is 6.80. The average molecular weight is 368 g/mol. The van der Waals surface area contributed by atoms with Crippen molar-refractivity contribution >= 4 is 21.6 Å². The van der Waals surface area contributed by atoms with Crippen molar-refractivity contribution in [2.45, 2.75) is 44.6 Å². The average Bonchev–Trinajstić information content (AvgIpc) is 2.56. The summed E-state index contributed by atoms with van der Waals surface area (Å²) in [6.07, 6.45) is 2.21. The molecule has 1 unspecified atom stereocenters. The van der Waals surface area contributed by atoms with Crippen LogP contribution in [0.2, 0.25) is 0 Å². The summed E-state index contributed by atoms with van der Waals surface area (Å²) in [5.74, 6) is 0.610. The van der Waals surface area contributed by atoms with Crippen molar-refractivity contribution in [3.8, 4) is 0 Å². The Kier molecular flexibility index (Phi) is 6.24. The Bertz CT molecular complexity index is 723. The van der Waals surface area contributed by atoms with E-state index in [4.69, 9.17) is 0 Å². The Morgan fingerprint density at radius 1 is 1.28 bits per heavy atom. The van der Waals surface area contributed by atoms with Crippen LogP contribution in [0.4, 0.5) is 5.69 Å². The van der Waals surface area contributed by atoms with Crippen LogP contribution in [0.15, 0.2) is 23.1 Å². The van der Waals surface area contributed by atoms with Crippen LogP contribution in [0.3, 0.4) is 0 Å². The summed E-state index contributed by atoms with van der Waals surface area (Å²) in [6.45, 7) is 7.84. The molecule has 0 saturated carbocycles. The Morgan fingerprint density at radius 2 is 1.88 bits per heavy atom. The monoisotopic (exact) mass is 367 g/mol. The van der Waals surface area contributed by atoms with Gasteiger partial charge in [-0.2, -0.15) is 0 Å². The SMILES string of the molecule is Cc1ccc(S(=O)(=O)N(C)C)cc1NC(=O)C(C)N1CCC(C)CC1. The van der Waals surface area contributed by atoms with E-state index in [9.17, 15) is 13.2 Å². The largest absolute Gasteiger partial charge is 0.324 e. The molecule has 0 aliphatic carbocycles. The molecule has 0 aromatic heterocycles. The van der Waals surface area contributed by atoms with Crippen molar-refractivity contribution in [1.29, 1.82) is 0 Å². The molecule has 0 bridgehead atoms. The number of carbonyl (C=O) groups is 1. The number of hydrogen-bond donors (Lipinski definition) is 1. The van der Waals surface area contributed by atoms with E-state index in [0.29, 0.717) is 11.6 Å².